The number of esters is 1. The number of nitriles is 1. The molecule has 0 atom stereocenters. The first-order chi connectivity index (χ1) is 14.1. The summed E-state index contributed by atoms with van der Waals surface area (Å²) in [4.78, 5) is 12.2. The summed E-state index contributed by atoms with van der Waals surface area (Å²) >= 11 is 0. The van der Waals surface area contributed by atoms with Crippen molar-refractivity contribution in [2.45, 2.75) is 38.7 Å². The van der Waals surface area contributed by atoms with E-state index in [0.29, 0.717) is 17.6 Å². The smallest absolute Gasteiger partial charge is 0.343 e. The molecule has 0 spiro atoms. The van der Waals surface area contributed by atoms with Crippen LogP contribution in [0.25, 0.3) is 6.08 Å². The van der Waals surface area contributed by atoms with E-state index < -0.39 is 11.8 Å². The molecule has 0 unspecified atom stereocenters. The highest BCUT2D eigenvalue weighted by atomic mass is 19.1. The Bertz CT molecular complexity index is 907. The summed E-state index contributed by atoms with van der Waals surface area (Å²) in [6.45, 7) is 2.81. The molecule has 0 N–H and O–H groups in total. The van der Waals surface area contributed by atoms with Gasteiger partial charge in [0.2, 0.25) is 0 Å². The van der Waals surface area contributed by atoms with E-state index in [1.165, 1.54) is 12.1 Å². The van der Waals surface area contributed by atoms with E-state index >= 15 is 0 Å². The lowest BCUT2D eigenvalue weighted by Crippen LogP contribution is -2.20. The Morgan fingerprint density at radius 1 is 1.17 bits per heavy atom. The first-order valence-electron chi connectivity index (χ1n) is 9.90. The third-order valence-electron chi connectivity index (χ3n) is 5.10. The summed E-state index contributed by atoms with van der Waals surface area (Å²) in [6, 6.07) is 12.5. The number of rotatable bonds is 6. The van der Waals surface area contributed by atoms with E-state index in [2.05, 4.69) is 12.2 Å². The van der Waals surface area contributed by atoms with Gasteiger partial charge in [-0.25, -0.2) is 9.18 Å². The van der Waals surface area contributed by atoms with Gasteiger partial charge in [-0.1, -0.05) is 24.3 Å². The SMILES string of the molecule is CCOC1CCC(/C=C/c2ccc(C(=O)Oc3ccc(C#N)c(F)c3)cc2)CC1. The van der Waals surface area contributed by atoms with Crippen molar-refractivity contribution < 1.29 is 18.7 Å². The normalized spacial score (nSPS) is 19.1. The van der Waals surface area contributed by atoms with Gasteiger partial charge < -0.3 is 9.47 Å². The van der Waals surface area contributed by atoms with Crippen LogP contribution in [0.2, 0.25) is 0 Å². The van der Waals surface area contributed by atoms with Crippen molar-refractivity contribution in [2.24, 2.45) is 5.92 Å². The monoisotopic (exact) mass is 393 g/mol. The standard InChI is InChI=1S/C24H24FNO3/c1-2-28-21-12-7-18(8-13-21)4-3-17-5-9-19(10-6-17)24(27)29-22-14-11-20(16-26)23(25)15-22/h3-6,9-11,14-15,18,21H,2,7-8,12-13H2,1H3/b4-3+. The van der Waals surface area contributed by atoms with Crippen molar-refractivity contribution in [1.82, 2.24) is 0 Å². The number of carbonyl (C=O) groups excluding carboxylic acids is 1. The molecule has 0 aromatic heterocycles. The minimum absolute atomic E-state index is 0.0677. The van der Waals surface area contributed by atoms with Gasteiger partial charge >= 0.3 is 5.97 Å². The highest BCUT2D eigenvalue weighted by Gasteiger charge is 2.19. The van der Waals surface area contributed by atoms with Crippen LogP contribution in [-0.4, -0.2) is 18.7 Å². The molecule has 4 nitrogen and oxygen atoms in total. The van der Waals surface area contributed by atoms with Gasteiger partial charge in [0.25, 0.3) is 0 Å². The summed E-state index contributed by atoms with van der Waals surface area (Å²) in [5.74, 6) is -0.659. The van der Waals surface area contributed by atoms with Crippen molar-refractivity contribution >= 4 is 12.0 Å². The average Bonchev–Trinajstić information content (AvgIpc) is 2.74. The van der Waals surface area contributed by atoms with E-state index in [4.69, 9.17) is 14.7 Å². The van der Waals surface area contributed by atoms with Gasteiger partial charge in [0.1, 0.15) is 17.6 Å². The van der Waals surface area contributed by atoms with Gasteiger partial charge in [0, 0.05) is 12.7 Å². The predicted octanol–water partition coefficient (Wildman–Crippen LogP) is 5.53. The van der Waals surface area contributed by atoms with Crippen molar-refractivity contribution in [2.75, 3.05) is 6.61 Å². The summed E-state index contributed by atoms with van der Waals surface area (Å²) in [5.41, 5.74) is 1.30. The molecular weight excluding hydrogens is 369 g/mol. The molecule has 0 saturated heterocycles. The van der Waals surface area contributed by atoms with Gasteiger partial charge in [-0.15, -0.1) is 0 Å². The lowest BCUT2D eigenvalue weighted by atomic mass is 9.87. The molecule has 0 heterocycles. The maximum Gasteiger partial charge on any atom is 0.343 e. The number of nitrogens with zero attached hydrogens (tertiary/aromatic N) is 1. The molecule has 1 saturated carbocycles. The molecule has 2 aromatic carbocycles. The molecular formula is C24H24FNO3. The molecule has 1 aliphatic carbocycles. The van der Waals surface area contributed by atoms with Crippen LogP contribution >= 0.6 is 0 Å². The molecule has 1 aliphatic rings. The predicted molar refractivity (Wildman–Crippen MR) is 109 cm³/mol. The number of hydrogen-bond acceptors (Lipinski definition) is 4. The highest BCUT2D eigenvalue weighted by Crippen LogP contribution is 2.27. The van der Waals surface area contributed by atoms with Crippen LogP contribution in [0.4, 0.5) is 4.39 Å². The minimum Gasteiger partial charge on any atom is -0.423 e. The van der Waals surface area contributed by atoms with Gasteiger partial charge in [-0.05, 0) is 68.4 Å². The zero-order valence-electron chi connectivity index (χ0n) is 16.4. The second-order valence-electron chi connectivity index (χ2n) is 7.12. The van der Waals surface area contributed by atoms with E-state index in [-0.39, 0.29) is 11.3 Å². The molecule has 0 bridgehead atoms. The maximum atomic E-state index is 13.6. The Kier molecular flexibility index (Phi) is 7.15. The van der Waals surface area contributed by atoms with Crippen LogP contribution in [0.15, 0.2) is 48.5 Å². The van der Waals surface area contributed by atoms with Crippen LogP contribution in [0.5, 0.6) is 5.75 Å². The Morgan fingerprint density at radius 3 is 2.52 bits per heavy atom. The van der Waals surface area contributed by atoms with Crippen molar-refractivity contribution in [3.8, 4) is 11.8 Å². The third-order valence-corrected chi connectivity index (χ3v) is 5.10. The van der Waals surface area contributed by atoms with Crippen molar-refractivity contribution in [3.63, 3.8) is 0 Å². The van der Waals surface area contributed by atoms with Crippen molar-refractivity contribution in [3.05, 3.63) is 71.0 Å². The Hall–Kier alpha value is -2.97. The largest absolute Gasteiger partial charge is 0.423 e. The Balaban J connectivity index is 1.55. The summed E-state index contributed by atoms with van der Waals surface area (Å²) in [6.07, 6.45) is 9.18. The Morgan fingerprint density at radius 2 is 1.90 bits per heavy atom. The first kappa shape index (κ1) is 20.8. The van der Waals surface area contributed by atoms with Crippen LogP contribution in [0.3, 0.4) is 0 Å². The summed E-state index contributed by atoms with van der Waals surface area (Å²) in [5, 5.41) is 8.75. The van der Waals surface area contributed by atoms with Crippen LogP contribution < -0.4 is 4.74 Å². The summed E-state index contributed by atoms with van der Waals surface area (Å²) in [7, 11) is 0. The second kappa shape index (κ2) is 9.99. The van der Waals surface area contributed by atoms with E-state index in [9.17, 15) is 9.18 Å². The quantitative estimate of drug-likeness (QED) is 0.479. The van der Waals surface area contributed by atoms with Gasteiger partial charge in [0.05, 0.1) is 17.2 Å². The molecule has 5 heteroatoms. The molecule has 1 fully saturated rings. The number of hydrogen-bond donors (Lipinski definition) is 0. The zero-order chi connectivity index (χ0) is 20.6. The topological polar surface area (TPSA) is 59.3 Å². The van der Waals surface area contributed by atoms with Crippen LogP contribution in [0.1, 0.15) is 54.1 Å². The van der Waals surface area contributed by atoms with Crippen LogP contribution in [-0.2, 0) is 4.74 Å². The fraction of sp³-hybridized carbons (Fsp3) is 0.333. The molecule has 150 valence electrons. The fourth-order valence-corrected chi connectivity index (χ4v) is 3.48. The summed E-state index contributed by atoms with van der Waals surface area (Å²) < 4.78 is 24.5. The molecule has 29 heavy (non-hydrogen) atoms. The van der Waals surface area contributed by atoms with E-state index in [1.54, 1.807) is 18.2 Å². The third kappa shape index (κ3) is 5.75. The molecule has 0 aliphatic heterocycles. The van der Waals surface area contributed by atoms with Crippen LogP contribution in [0, 0.1) is 23.1 Å². The number of ether oxygens (including phenoxy) is 2. The van der Waals surface area contributed by atoms with E-state index in [0.717, 1.165) is 43.9 Å². The maximum absolute atomic E-state index is 13.6. The fourth-order valence-electron chi connectivity index (χ4n) is 3.48. The number of allylic oxidation sites excluding steroid dienone is 1. The molecule has 0 amide bonds. The lowest BCUT2D eigenvalue weighted by molar-refractivity contribution is 0.0303. The lowest BCUT2D eigenvalue weighted by Gasteiger charge is -2.26. The number of benzene rings is 2. The Labute approximate surface area is 170 Å². The van der Waals surface area contributed by atoms with Gasteiger partial charge in [0.15, 0.2) is 0 Å². The highest BCUT2D eigenvalue weighted by molar-refractivity contribution is 5.91. The number of halogens is 1. The molecule has 3 rings (SSSR count). The number of carbonyl (C=O) groups is 1. The molecule has 2 aromatic rings. The molecule has 0 radical (unpaired) electrons. The zero-order valence-corrected chi connectivity index (χ0v) is 16.4. The average molecular weight is 393 g/mol. The van der Waals surface area contributed by atoms with Crippen molar-refractivity contribution in [1.29, 1.82) is 5.26 Å². The minimum atomic E-state index is -0.714. The van der Waals surface area contributed by atoms with Gasteiger partial charge in [-0.2, -0.15) is 5.26 Å². The van der Waals surface area contributed by atoms with Gasteiger partial charge in [-0.3, -0.25) is 0 Å². The second-order valence-corrected chi connectivity index (χ2v) is 7.12. The van der Waals surface area contributed by atoms with E-state index in [1.807, 2.05) is 19.1 Å². The first-order valence-corrected chi connectivity index (χ1v) is 9.90.